The number of hydrogen-bond acceptors (Lipinski definition) is 6. The molecule has 162 valence electrons. The number of hydrogen-bond donors (Lipinski definition) is 4. The van der Waals surface area contributed by atoms with Crippen molar-refractivity contribution in [3.63, 3.8) is 0 Å². The lowest BCUT2D eigenvalue weighted by atomic mass is 9.85. The predicted octanol–water partition coefficient (Wildman–Crippen LogP) is 3.29. The highest BCUT2D eigenvalue weighted by atomic mass is 35.5. The van der Waals surface area contributed by atoms with E-state index < -0.39 is 11.8 Å². The molecule has 2 aromatic rings. The second kappa shape index (κ2) is 11.9. The van der Waals surface area contributed by atoms with Crippen LogP contribution >= 0.6 is 47.6 Å². The second-order valence-corrected chi connectivity index (χ2v) is 7.93. The average molecular weight is 503 g/mol. The van der Waals surface area contributed by atoms with Crippen molar-refractivity contribution in [2.45, 2.75) is 11.8 Å². The van der Waals surface area contributed by atoms with Gasteiger partial charge in [-0.2, -0.15) is 20.7 Å². The summed E-state index contributed by atoms with van der Waals surface area (Å²) in [6.07, 6.45) is 0. The van der Waals surface area contributed by atoms with E-state index in [-0.39, 0.29) is 21.6 Å². The highest BCUT2D eigenvalue weighted by Gasteiger charge is 2.30. The van der Waals surface area contributed by atoms with Gasteiger partial charge in [0.15, 0.2) is 10.2 Å². The monoisotopic (exact) mass is 502 g/mol. The molecule has 6 N–H and O–H groups in total. The summed E-state index contributed by atoms with van der Waals surface area (Å²) in [5.41, 5.74) is 17.3. The molecule has 2 rings (SSSR count). The largest absolute Gasteiger partial charge is 0.375 e. The number of benzene rings is 2. The van der Waals surface area contributed by atoms with Crippen LogP contribution in [0.4, 0.5) is 0 Å². The van der Waals surface area contributed by atoms with Crippen molar-refractivity contribution in [2.24, 2.45) is 21.7 Å². The highest BCUT2D eigenvalue weighted by Crippen LogP contribution is 2.26. The summed E-state index contributed by atoms with van der Waals surface area (Å²) in [6, 6.07) is 17.5. The second-order valence-electron chi connectivity index (χ2n) is 6.17. The van der Waals surface area contributed by atoms with Crippen LogP contribution in [0.2, 0.25) is 10.0 Å². The van der Waals surface area contributed by atoms with E-state index in [2.05, 4.69) is 33.2 Å². The topological polar surface area (TPSA) is 148 Å². The predicted molar refractivity (Wildman–Crippen MR) is 134 cm³/mol. The van der Waals surface area contributed by atoms with Gasteiger partial charge in [-0.1, -0.05) is 47.5 Å². The van der Waals surface area contributed by atoms with Crippen LogP contribution in [0.1, 0.15) is 23.0 Å². The first-order valence-electron chi connectivity index (χ1n) is 8.83. The molecular weight excluding hydrogens is 487 g/mol. The van der Waals surface area contributed by atoms with Crippen molar-refractivity contribution in [3.05, 3.63) is 69.7 Å². The number of hydrazone groups is 2. The molecule has 0 fully saturated rings. The van der Waals surface area contributed by atoms with Gasteiger partial charge in [-0.15, -0.1) is 0 Å². The molecule has 2 aromatic carbocycles. The van der Waals surface area contributed by atoms with Crippen molar-refractivity contribution in [3.8, 4) is 12.1 Å². The van der Waals surface area contributed by atoms with Gasteiger partial charge < -0.3 is 11.5 Å². The SMILES string of the molecule is N#CC(C(=N/NC(N)=S)/C(=N/NC(N)=S)C(C#N)c1ccc(Cl)cc1)c1ccc(Cl)cc1. The van der Waals surface area contributed by atoms with Gasteiger partial charge in [-0.25, -0.2) is 0 Å². The molecule has 0 aliphatic carbocycles. The Hall–Kier alpha value is -3.28. The molecule has 0 saturated carbocycles. The average Bonchev–Trinajstić information content (AvgIpc) is 2.76. The minimum atomic E-state index is -0.968. The number of halogens is 2. The third-order valence-corrected chi connectivity index (χ3v) is 4.73. The summed E-state index contributed by atoms with van der Waals surface area (Å²) in [6.45, 7) is 0. The smallest absolute Gasteiger partial charge is 0.184 e. The molecule has 12 heteroatoms. The minimum Gasteiger partial charge on any atom is -0.375 e. The molecule has 2 unspecified atom stereocenters. The van der Waals surface area contributed by atoms with Crippen molar-refractivity contribution in [1.29, 1.82) is 10.5 Å². The maximum atomic E-state index is 9.99. The number of nitrogens with zero attached hydrogens (tertiary/aromatic N) is 4. The molecule has 0 aromatic heterocycles. The lowest BCUT2D eigenvalue weighted by molar-refractivity contribution is 0.974. The molecule has 0 aliphatic heterocycles. The Labute approximate surface area is 205 Å². The Kier molecular flexibility index (Phi) is 9.32. The highest BCUT2D eigenvalue weighted by molar-refractivity contribution is 7.80. The normalized spacial score (nSPS) is 13.2. The van der Waals surface area contributed by atoms with Gasteiger partial charge in [0.2, 0.25) is 0 Å². The van der Waals surface area contributed by atoms with E-state index in [1.807, 2.05) is 0 Å². The first kappa shape index (κ1) is 25.0. The Morgan fingerprint density at radius 1 is 0.750 bits per heavy atom. The molecular formula is C20H16Cl2N8S2. The van der Waals surface area contributed by atoms with Gasteiger partial charge in [0, 0.05) is 10.0 Å². The van der Waals surface area contributed by atoms with Crippen molar-refractivity contribution >= 4 is 69.3 Å². The van der Waals surface area contributed by atoms with Crippen LogP contribution in [-0.4, -0.2) is 21.6 Å². The lowest BCUT2D eigenvalue weighted by Crippen LogP contribution is -2.35. The van der Waals surface area contributed by atoms with Gasteiger partial charge in [-0.3, -0.25) is 10.9 Å². The summed E-state index contributed by atoms with van der Waals surface area (Å²) in [5.74, 6) is -1.94. The van der Waals surface area contributed by atoms with Crippen LogP contribution in [0.15, 0.2) is 58.7 Å². The van der Waals surface area contributed by atoms with Gasteiger partial charge in [0.1, 0.15) is 23.3 Å². The van der Waals surface area contributed by atoms with Gasteiger partial charge >= 0.3 is 0 Å². The van der Waals surface area contributed by atoms with Crippen molar-refractivity contribution in [2.75, 3.05) is 0 Å². The van der Waals surface area contributed by atoms with Gasteiger partial charge in [-0.05, 0) is 59.8 Å². The molecule has 2 atom stereocenters. The fraction of sp³-hybridized carbons (Fsp3) is 0.100. The molecule has 0 radical (unpaired) electrons. The molecule has 0 aliphatic rings. The number of rotatable bonds is 7. The van der Waals surface area contributed by atoms with Crippen LogP contribution in [0.25, 0.3) is 0 Å². The standard InChI is InChI=1S/C20H16Cl2N8S2/c21-13-5-1-11(2-6-13)15(9-23)17(27-29-19(25)31)18(28-30-20(26)32)16(10-24)12-3-7-14(22)8-4-12/h1-8,15-16H,(H3,25,29,31)(H3,26,30,32)/b27-17-,28-18+. The zero-order valence-electron chi connectivity index (χ0n) is 16.3. The Balaban J connectivity index is 2.71. The number of nitriles is 2. The third kappa shape index (κ3) is 6.87. The molecule has 0 saturated heterocycles. The summed E-state index contributed by atoms with van der Waals surface area (Å²) >= 11 is 21.7. The molecule has 0 bridgehead atoms. The summed E-state index contributed by atoms with van der Waals surface area (Å²) in [5, 5.41) is 29.1. The van der Waals surface area contributed by atoms with Crippen LogP contribution in [-0.2, 0) is 0 Å². The Bertz CT molecular complexity index is 1040. The van der Waals surface area contributed by atoms with Crippen LogP contribution < -0.4 is 22.3 Å². The fourth-order valence-corrected chi connectivity index (χ4v) is 3.01. The fourth-order valence-electron chi connectivity index (χ4n) is 2.67. The summed E-state index contributed by atoms with van der Waals surface area (Å²) in [7, 11) is 0. The number of thiocarbonyl (C=S) groups is 2. The van der Waals surface area contributed by atoms with E-state index in [1.165, 1.54) is 0 Å². The maximum Gasteiger partial charge on any atom is 0.184 e. The van der Waals surface area contributed by atoms with E-state index >= 15 is 0 Å². The van der Waals surface area contributed by atoms with E-state index in [0.29, 0.717) is 21.2 Å². The Morgan fingerprint density at radius 3 is 1.31 bits per heavy atom. The first-order valence-corrected chi connectivity index (χ1v) is 10.4. The summed E-state index contributed by atoms with van der Waals surface area (Å²) < 4.78 is 0. The van der Waals surface area contributed by atoms with E-state index in [4.69, 9.17) is 59.1 Å². The Morgan fingerprint density at radius 2 is 1.06 bits per heavy atom. The minimum absolute atomic E-state index is 0.0767. The van der Waals surface area contributed by atoms with Crippen LogP contribution in [0.5, 0.6) is 0 Å². The lowest BCUT2D eigenvalue weighted by Gasteiger charge is -2.19. The number of nitrogens with two attached hydrogens (primary N) is 2. The van der Waals surface area contributed by atoms with Crippen LogP contribution in [0.3, 0.4) is 0 Å². The molecule has 32 heavy (non-hydrogen) atoms. The van der Waals surface area contributed by atoms with E-state index in [1.54, 1.807) is 48.5 Å². The number of nitrogens with one attached hydrogen (secondary N) is 2. The van der Waals surface area contributed by atoms with E-state index in [9.17, 15) is 10.5 Å². The van der Waals surface area contributed by atoms with Gasteiger partial charge in [0.05, 0.1) is 12.1 Å². The molecule has 0 heterocycles. The zero-order chi connectivity index (χ0) is 23.7. The van der Waals surface area contributed by atoms with Crippen molar-refractivity contribution < 1.29 is 0 Å². The van der Waals surface area contributed by atoms with E-state index in [0.717, 1.165) is 0 Å². The third-order valence-electron chi connectivity index (χ3n) is 4.05. The first-order chi connectivity index (χ1) is 15.3. The quantitative estimate of drug-likeness (QED) is 0.256. The maximum absolute atomic E-state index is 9.99. The molecule has 0 amide bonds. The molecule has 0 spiro atoms. The zero-order valence-corrected chi connectivity index (χ0v) is 19.4. The van der Waals surface area contributed by atoms with Crippen LogP contribution in [0, 0.1) is 22.7 Å². The van der Waals surface area contributed by atoms with Crippen molar-refractivity contribution in [1.82, 2.24) is 10.9 Å². The van der Waals surface area contributed by atoms with Gasteiger partial charge in [0.25, 0.3) is 0 Å². The summed E-state index contributed by atoms with van der Waals surface area (Å²) in [4.78, 5) is 0. The molecule has 8 nitrogen and oxygen atoms in total.